The van der Waals surface area contributed by atoms with Gasteiger partial charge in [0.2, 0.25) is 5.82 Å². The van der Waals surface area contributed by atoms with E-state index in [1.807, 2.05) is 0 Å². The molecule has 1 aliphatic heterocycles. The van der Waals surface area contributed by atoms with Gasteiger partial charge in [-0.2, -0.15) is 0 Å². The SMILES string of the molecule is [B]c1sc2nc(C(=O)NCc3ccc4c(c3)NC(=O)CO4)[nH]c(=O)c2c1[B]. The van der Waals surface area contributed by atoms with Crippen molar-refractivity contribution in [3.8, 4) is 5.75 Å². The lowest BCUT2D eigenvalue weighted by Crippen LogP contribution is -2.29. The zero-order valence-electron chi connectivity index (χ0n) is 13.8. The zero-order valence-corrected chi connectivity index (χ0v) is 14.6. The molecule has 3 aromatic rings. The van der Waals surface area contributed by atoms with Crippen molar-refractivity contribution in [2.45, 2.75) is 6.54 Å². The molecular formula is C16H10B2N4O4S. The smallest absolute Gasteiger partial charge is 0.287 e. The molecule has 0 atom stereocenters. The van der Waals surface area contributed by atoms with Crippen molar-refractivity contribution < 1.29 is 14.3 Å². The number of nitrogens with one attached hydrogen (secondary N) is 3. The van der Waals surface area contributed by atoms with Crippen molar-refractivity contribution >= 4 is 65.0 Å². The first-order valence-electron chi connectivity index (χ1n) is 7.84. The summed E-state index contributed by atoms with van der Waals surface area (Å²) < 4.78 is 5.56. The van der Waals surface area contributed by atoms with Gasteiger partial charge in [0.15, 0.2) is 6.61 Å². The van der Waals surface area contributed by atoms with Gasteiger partial charge in [0, 0.05) is 6.54 Å². The number of hydrogen-bond donors (Lipinski definition) is 3. The predicted octanol–water partition coefficient (Wildman–Crippen LogP) is -1.17. The minimum absolute atomic E-state index is 0.0255. The van der Waals surface area contributed by atoms with E-state index >= 15 is 0 Å². The summed E-state index contributed by atoms with van der Waals surface area (Å²) in [6.45, 7) is 0.140. The molecule has 0 unspecified atom stereocenters. The van der Waals surface area contributed by atoms with Crippen molar-refractivity contribution in [3.63, 3.8) is 0 Å². The summed E-state index contributed by atoms with van der Waals surface area (Å²) in [5.74, 6) is -0.372. The molecule has 130 valence electrons. The monoisotopic (exact) mass is 376 g/mol. The van der Waals surface area contributed by atoms with Gasteiger partial charge in [0.05, 0.1) is 11.1 Å². The van der Waals surface area contributed by atoms with Gasteiger partial charge >= 0.3 is 0 Å². The predicted molar refractivity (Wildman–Crippen MR) is 103 cm³/mol. The Hall–Kier alpha value is -3.07. The Labute approximate surface area is 159 Å². The van der Waals surface area contributed by atoms with Crippen molar-refractivity contribution in [3.05, 3.63) is 39.9 Å². The molecule has 0 saturated carbocycles. The Balaban J connectivity index is 1.53. The molecule has 4 rings (SSSR count). The third-order valence-corrected chi connectivity index (χ3v) is 4.90. The number of fused-ring (bicyclic) bond motifs is 2. The maximum absolute atomic E-state index is 12.4. The fourth-order valence-electron chi connectivity index (χ4n) is 2.66. The largest absolute Gasteiger partial charge is 0.482 e. The number of aromatic amines is 1. The number of benzene rings is 1. The summed E-state index contributed by atoms with van der Waals surface area (Å²) in [7, 11) is 11.5. The van der Waals surface area contributed by atoms with E-state index in [4.69, 9.17) is 20.4 Å². The number of hydrogen-bond acceptors (Lipinski definition) is 6. The number of anilines is 1. The van der Waals surface area contributed by atoms with Gasteiger partial charge in [-0.1, -0.05) is 16.3 Å². The highest BCUT2D eigenvalue weighted by Crippen LogP contribution is 2.28. The molecule has 1 aliphatic rings. The molecule has 8 nitrogen and oxygen atoms in total. The third-order valence-electron chi connectivity index (χ3n) is 3.97. The lowest BCUT2D eigenvalue weighted by atomic mass is 9.87. The van der Waals surface area contributed by atoms with E-state index in [1.165, 1.54) is 0 Å². The van der Waals surface area contributed by atoms with E-state index < -0.39 is 11.5 Å². The minimum Gasteiger partial charge on any atom is -0.482 e. The molecule has 0 bridgehead atoms. The number of rotatable bonds is 3. The van der Waals surface area contributed by atoms with Crippen molar-refractivity contribution in [1.82, 2.24) is 15.3 Å². The van der Waals surface area contributed by atoms with Gasteiger partial charge in [0.25, 0.3) is 17.4 Å². The van der Waals surface area contributed by atoms with Gasteiger partial charge in [0.1, 0.15) is 26.3 Å². The lowest BCUT2D eigenvalue weighted by Gasteiger charge is -2.18. The first-order chi connectivity index (χ1) is 12.9. The molecule has 4 radical (unpaired) electrons. The molecular weight excluding hydrogens is 366 g/mol. The molecule has 1 aromatic carbocycles. The highest BCUT2D eigenvalue weighted by atomic mass is 32.1. The number of ether oxygens (including phenoxy) is 1. The standard InChI is InChI=1S/C16H10B2N4O4S/c17-11-10-14(24)21-13(22-16(10)27-12(11)18)15(25)19-4-6-1-2-8-7(3-6)20-9(23)5-26-8/h1-3H,4-5H2,(H,19,25)(H,20,23)(H,21,22,24). The van der Waals surface area contributed by atoms with Gasteiger partial charge in [-0.15, -0.1) is 11.3 Å². The Morgan fingerprint density at radius 3 is 2.96 bits per heavy atom. The lowest BCUT2D eigenvalue weighted by molar-refractivity contribution is -0.118. The molecule has 2 aromatic heterocycles. The summed E-state index contributed by atoms with van der Waals surface area (Å²) in [6, 6.07) is 5.17. The molecule has 0 fully saturated rings. The topological polar surface area (TPSA) is 113 Å². The summed E-state index contributed by atoms with van der Waals surface area (Å²) in [4.78, 5) is 42.7. The summed E-state index contributed by atoms with van der Waals surface area (Å²) in [5.41, 5.74) is 0.912. The van der Waals surface area contributed by atoms with Crippen molar-refractivity contribution in [2.75, 3.05) is 11.9 Å². The fourth-order valence-corrected chi connectivity index (χ4v) is 3.52. The minimum atomic E-state index is -0.558. The second kappa shape index (κ2) is 6.58. The van der Waals surface area contributed by atoms with Crippen LogP contribution in [-0.2, 0) is 11.3 Å². The number of carbonyl (C=O) groups excluding carboxylic acids is 2. The van der Waals surface area contributed by atoms with Crippen LogP contribution in [0, 0.1) is 0 Å². The average molecular weight is 376 g/mol. The van der Waals surface area contributed by atoms with Crippen LogP contribution in [0.4, 0.5) is 5.69 Å². The number of thiophene rings is 1. The van der Waals surface area contributed by atoms with Gasteiger partial charge in [-0.05, 0) is 17.7 Å². The maximum atomic E-state index is 12.4. The van der Waals surface area contributed by atoms with E-state index in [1.54, 1.807) is 18.2 Å². The first-order valence-corrected chi connectivity index (χ1v) is 8.65. The highest BCUT2D eigenvalue weighted by Gasteiger charge is 2.17. The second-order valence-corrected chi connectivity index (χ2v) is 6.86. The fraction of sp³-hybridized carbons (Fsp3) is 0.125. The molecule has 0 saturated heterocycles. The molecule has 0 spiro atoms. The number of H-pyrrole nitrogens is 1. The highest BCUT2D eigenvalue weighted by molar-refractivity contribution is 7.27. The van der Waals surface area contributed by atoms with Crippen LogP contribution in [-0.4, -0.2) is 44.1 Å². The Kier molecular flexibility index (Phi) is 4.23. The van der Waals surface area contributed by atoms with E-state index in [-0.39, 0.29) is 40.5 Å². The normalized spacial score (nSPS) is 13.0. The summed E-state index contributed by atoms with van der Waals surface area (Å²) >= 11 is 1.04. The van der Waals surface area contributed by atoms with Gasteiger partial charge in [-0.3, -0.25) is 14.4 Å². The van der Waals surface area contributed by atoms with Crippen LogP contribution in [0.2, 0.25) is 0 Å². The van der Waals surface area contributed by atoms with Crippen molar-refractivity contribution in [1.29, 1.82) is 0 Å². The van der Waals surface area contributed by atoms with E-state index in [2.05, 4.69) is 20.6 Å². The van der Waals surface area contributed by atoms with Gasteiger partial charge in [-0.25, -0.2) is 4.98 Å². The van der Waals surface area contributed by atoms with Crippen LogP contribution in [0.1, 0.15) is 16.2 Å². The van der Waals surface area contributed by atoms with Crippen LogP contribution >= 0.6 is 11.3 Å². The molecule has 3 N–H and O–H groups in total. The third kappa shape index (κ3) is 3.21. The number of amides is 2. The van der Waals surface area contributed by atoms with Crippen LogP contribution in [0.15, 0.2) is 23.0 Å². The van der Waals surface area contributed by atoms with Crippen LogP contribution in [0.25, 0.3) is 10.2 Å². The average Bonchev–Trinajstić information content (AvgIpc) is 2.93. The number of carbonyl (C=O) groups is 2. The first kappa shape index (κ1) is 17.3. The Bertz CT molecular complexity index is 1160. The van der Waals surface area contributed by atoms with E-state index in [9.17, 15) is 14.4 Å². The van der Waals surface area contributed by atoms with Crippen LogP contribution < -0.4 is 31.2 Å². The molecule has 11 heteroatoms. The number of nitrogens with zero attached hydrogens (tertiary/aromatic N) is 1. The van der Waals surface area contributed by atoms with Crippen LogP contribution in [0.3, 0.4) is 0 Å². The molecule has 0 aliphatic carbocycles. The number of aromatic nitrogens is 2. The Morgan fingerprint density at radius 1 is 1.33 bits per heavy atom. The molecule has 3 heterocycles. The van der Waals surface area contributed by atoms with E-state index in [0.29, 0.717) is 16.3 Å². The zero-order chi connectivity index (χ0) is 19.1. The summed E-state index contributed by atoms with van der Waals surface area (Å²) in [5, 5.41) is 5.54. The molecule has 27 heavy (non-hydrogen) atoms. The summed E-state index contributed by atoms with van der Waals surface area (Å²) in [6.07, 6.45) is 0. The van der Waals surface area contributed by atoms with Gasteiger partial charge < -0.3 is 20.4 Å². The van der Waals surface area contributed by atoms with E-state index in [0.717, 1.165) is 16.9 Å². The quantitative estimate of drug-likeness (QED) is 0.499. The second-order valence-electron chi connectivity index (χ2n) is 5.82. The maximum Gasteiger partial charge on any atom is 0.287 e. The molecule has 2 amide bonds. The Morgan fingerprint density at radius 2 is 2.15 bits per heavy atom. The van der Waals surface area contributed by atoms with Crippen molar-refractivity contribution in [2.24, 2.45) is 0 Å². The van der Waals surface area contributed by atoms with Crippen LogP contribution in [0.5, 0.6) is 5.75 Å².